The molecule has 0 saturated heterocycles. The lowest BCUT2D eigenvalue weighted by Crippen LogP contribution is -2.56. The zero-order valence-corrected chi connectivity index (χ0v) is 20.7. The molecule has 0 aliphatic carbocycles. The van der Waals surface area contributed by atoms with Crippen molar-refractivity contribution in [2.75, 3.05) is 0 Å². The Balaban J connectivity index is 2.77. The van der Waals surface area contributed by atoms with Gasteiger partial charge in [0.25, 0.3) is 0 Å². The summed E-state index contributed by atoms with van der Waals surface area (Å²) in [5.74, 6) is 1.48. The van der Waals surface area contributed by atoms with Crippen LogP contribution in [-0.4, -0.2) is 49.3 Å². The Bertz CT molecular complexity index is 854. The van der Waals surface area contributed by atoms with Gasteiger partial charge in [-0.15, -0.1) is 11.5 Å². The number of rotatable bonds is 8. The molecule has 0 aliphatic heterocycles. The third-order valence-electron chi connectivity index (χ3n) is 5.49. The molecule has 1 aromatic rings. The molecule has 3 amide bonds. The van der Waals surface area contributed by atoms with Gasteiger partial charge in [0.05, 0.1) is 6.10 Å². The van der Waals surface area contributed by atoms with Crippen LogP contribution >= 0.6 is 0 Å². The fraction of sp³-hybridized carbons (Fsp3) is 0.522. The van der Waals surface area contributed by atoms with E-state index in [2.05, 4.69) is 56.0 Å². The lowest BCUT2D eigenvalue weighted by Gasteiger charge is -2.31. The Morgan fingerprint density at radius 2 is 1.75 bits per heavy atom. The number of alkyl carbamates (subject to hydrolysis) is 1. The first kappa shape index (κ1) is 27.2. The van der Waals surface area contributed by atoms with Gasteiger partial charge in [-0.25, -0.2) is 4.79 Å². The molecule has 0 aliphatic rings. The number of amides is 3. The van der Waals surface area contributed by atoms with E-state index in [-0.39, 0.29) is 18.1 Å². The summed E-state index contributed by atoms with van der Waals surface area (Å²) in [5.41, 5.74) is 9.46. The average molecular weight is 462 g/mol. The van der Waals surface area contributed by atoms with Crippen LogP contribution in [0.4, 0.5) is 4.79 Å². The smallest absolute Gasteiger partial charge is 0.408 e. The number of carbonyl (C=O) groups excluding carboxylic acids is 3. The first-order chi connectivity index (χ1) is 14.7. The highest BCUT2D eigenvalue weighted by atomic mass is 28.3. The molecule has 3 atom stereocenters. The third kappa shape index (κ3) is 8.73. The number of hydrogen-bond acceptors (Lipinski definition) is 5. The van der Waals surface area contributed by atoms with E-state index < -0.39 is 44.2 Å². The standard InChI is InChI=1S/C23H35N3O5Si/c1-16(27)19(26-22(30)31-15-17-11-8-7-9-12-17)21(29)25-18(20(24)28)13-10-14-32(5,6)23(2,3)4/h7-9,11-12,16,18-19,27H,13,15H2,1-6H3,(H2,24,28)(H,25,29)(H,26,30)/t16-,18-,19+/m1/s1. The summed E-state index contributed by atoms with van der Waals surface area (Å²) in [5, 5.41) is 14.8. The fourth-order valence-electron chi connectivity index (χ4n) is 2.34. The molecule has 176 valence electrons. The van der Waals surface area contributed by atoms with Crippen molar-refractivity contribution in [2.24, 2.45) is 5.73 Å². The van der Waals surface area contributed by atoms with Crippen molar-refractivity contribution in [3.8, 4) is 11.5 Å². The van der Waals surface area contributed by atoms with Gasteiger partial charge >= 0.3 is 6.09 Å². The van der Waals surface area contributed by atoms with E-state index in [4.69, 9.17) is 10.5 Å². The molecule has 5 N–H and O–H groups in total. The molecule has 1 rings (SSSR count). The number of nitrogens with one attached hydrogen (secondary N) is 2. The molecule has 32 heavy (non-hydrogen) atoms. The number of aliphatic hydroxyl groups excluding tert-OH is 1. The minimum atomic E-state index is -1.88. The minimum Gasteiger partial charge on any atom is -0.445 e. The predicted octanol–water partition coefficient (Wildman–Crippen LogP) is 2.07. The SMILES string of the molecule is C[C@@H](O)[C@H](NC(=O)OCc1ccccc1)C(=O)N[C@H](CC#C[Si](C)(C)C(C)(C)C)C(N)=O. The molecular weight excluding hydrogens is 426 g/mol. The zero-order valence-electron chi connectivity index (χ0n) is 19.7. The van der Waals surface area contributed by atoms with Crippen molar-refractivity contribution >= 4 is 26.0 Å². The van der Waals surface area contributed by atoms with Crippen molar-refractivity contribution in [1.29, 1.82) is 0 Å². The summed E-state index contributed by atoms with van der Waals surface area (Å²) in [6.45, 7) is 12.0. The molecule has 0 radical (unpaired) electrons. The second-order valence-electron chi connectivity index (χ2n) is 9.27. The van der Waals surface area contributed by atoms with E-state index in [0.717, 1.165) is 5.56 Å². The molecule has 0 aromatic heterocycles. The summed E-state index contributed by atoms with van der Waals surface area (Å²) in [6.07, 6.45) is -2.06. The van der Waals surface area contributed by atoms with Crippen LogP contribution in [0.5, 0.6) is 0 Å². The number of nitrogens with two attached hydrogens (primary N) is 1. The summed E-state index contributed by atoms with van der Waals surface area (Å²) >= 11 is 0. The van der Waals surface area contributed by atoms with Gasteiger partial charge in [-0.1, -0.05) is 64.2 Å². The van der Waals surface area contributed by atoms with Gasteiger partial charge in [0, 0.05) is 6.42 Å². The molecule has 9 heteroatoms. The third-order valence-corrected chi connectivity index (χ3v) is 10.0. The Morgan fingerprint density at radius 1 is 1.16 bits per heavy atom. The van der Waals surface area contributed by atoms with Crippen molar-refractivity contribution in [1.82, 2.24) is 10.6 Å². The van der Waals surface area contributed by atoms with Crippen molar-refractivity contribution in [3.05, 3.63) is 35.9 Å². The number of aliphatic hydroxyl groups is 1. The van der Waals surface area contributed by atoms with Gasteiger partial charge < -0.3 is 26.2 Å². The van der Waals surface area contributed by atoms with Crippen LogP contribution in [0.15, 0.2) is 30.3 Å². The van der Waals surface area contributed by atoms with E-state index in [1.54, 1.807) is 24.3 Å². The van der Waals surface area contributed by atoms with E-state index in [9.17, 15) is 19.5 Å². The lowest BCUT2D eigenvalue weighted by atomic mass is 10.1. The monoisotopic (exact) mass is 461 g/mol. The van der Waals surface area contributed by atoms with Gasteiger partial charge in [0.1, 0.15) is 26.8 Å². The second kappa shape index (κ2) is 11.7. The Labute approximate surface area is 191 Å². The quantitative estimate of drug-likeness (QED) is 0.348. The van der Waals surface area contributed by atoms with Crippen LogP contribution in [0.2, 0.25) is 18.1 Å². The molecule has 0 saturated carbocycles. The van der Waals surface area contributed by atoms with Crippen molar-refractivity contribution < 1.29 is 24.2 Å². The highest BCUT2D eigenvalue weighted by molar-refractivity contribution is 6.87. The molecule has 0 spiro atoms. The number of primary amides is 1. The topological polar surface area (TPSA) is 131 Å². The molecular formula is C23H35N3O5Si. The van der Waals surface area contributed by atoms with Crippen LogP contribution in [0, 0.1) is 11.5 Å². The number of carbonyl (C=O) groups is 3. The molecule has 8 nitrogen and oxygen atoms in total. The maximum absolute atomic E-state index is 12.6. The van der Waals surface area contributed by atoms with Crippen LogP contribution in [0.3, 0.4) is 0 Å². The molecule has 0 bridgehead atoms. The summed E-state index contributed by atoms with van der Waals surface area (Å²) in [6, 6.07) is 6.64. The van der Waals surface area contributed by atoms with E-state index in [0.29, 0.717) is 0 Å². The minimum absolute atomic E-state index is 0.00771. The highest BCUT2D eigenvalue weighted by Gasteiger charge is 2.34. The number of ether oxygens (including phenoxy) is 1. The predicted molar refractivity (Wildman–Crippen MR) is 126 cm³/mol. The fourth-order valence-corrected chi connectivity index (χ4v) is 3.26. The average Bonchev–Trinajstić information content (AvgIpc) is 2.69. The normalized spacial score (nSPS) is 14.2. The van der Waals surface area contributed by atoms with Gasteiger partial charge in [0.2, 0.25) is 11.8 Å². The Morgan fingerprint density at radius 3 is 2.25 bits per heavy atom. The van der Waals surface area contributed by atoms with Gasteiger partial charge in [-0.05, 0) is 17.5 Å². The van der Waals surface area contributed by atoms with Crippen LogP contribution in [0.25, 0.3) is 0 Å². The van der Waals surface area contributed by atoms with Gasteiger partial charge in [-0.2, -0.15) is 0 Å². The van der Waals surface area contributed by atoms with E-state index >= 15 is 0 Å². The van der Waals surface area contributed by atoms with Crippen molar-refractivity contribution in [2.45, 2.75) is 77.0 Å². The summed E-state index contributed by atoms with van der Waals surface area (Å²) in [4.78, 5) is 36.6. The maximum Gasteiger partial charge on any atom is 0.408 e. The maximum atomic E-state index is 12.6. The van der Waals surface area contributed by atoms with Crippen LogP contribution < -0.4 is 16.4 Å². The zero-order chi connectivity index (χ0) is 24.5. The van der Waals surface area contributed by atoms with E-state index in [1.807, 2.05) is 6.07 Å². The largest absolute Gasteiger partial charge is 0.445 e. The summed E-state index contributed by atoms with van der Waals surface area (Å²) < 4.78 is 5.09. The van der Waals surface area contributed by atoms with Gasteiger partial charge in [-0.3, -0.25) is 9.59 Å². The molecule has 0 fully saturated rings. The lowest BCUT2D eigenvalue weighted by molar-refractivity contribution is -0.130. The first-order valence-corrected chi connectivity index (χ1v) is 13.5. The molecule has 0 unspecified atom stereocenters. The summed E-state index contributed by atoms with van der Waals surface area (Å²) in [7, 11) is -1.88. The van der Waals surface area contributed by atoms with Crippen molar-refractivity contribution in [3.63, 3.8) is 0 Å². The van der Waals surface area contributed by atoms with E-state index in [1.165, 1.54) is 6.92 Å². The Kier molecular flexibility index (Phi) is 9.94. The second-order valence-corrected chi connectivity index (χ2v) is 14.3. The van der Waals surface area contributed by atoms with Gasteiger partial charge in [0.15, 0.2) is 0 Å². The Hall–Kier alpha value is -2.83. The highest BCUT2D eigenvalue weighted by Crippen LogP contribution is 2.35. The first-order valence-electron chi connectivity index (χ1n) is 10.5. The molecule has 0 heterocycles. The van der Waals surface area contributed by atoms with Crippen LogP contribution in [0.1, 0.15) is 39.7 Å². The number of benzene rings is 1. The molecule has 1 aromatic carbocycles. The van der Waals surface area contributed by atoms with Crippen LogP contribution in [-0.2, 0) is 20.9 Å². The number of hydrogen-bond donors (Lipinski definition) is 4.